The molecule has 0 saturated heterocycles. The van der Waals surface area contributed by atoms with E-state index in [1.807, 2.05) is 24.3 Å². The number of nitriles is 1. The molecule has 2 unspecified atom stereocenters. The summed E-state index contributed by atoms with van der Waals surface area (Å²) in [6, 6.07) is 64.8. The lowest BCUT2D eigenvalue weighted by molar-refractivity contribution is 0.0780. The third-order valence-corrected chi connectivity index (χ3v) is 14.2. The van der Waals surface area contributed by atoms with E-state index < -0.39 is 5.41 Å². The first kappa shape index (κ1) is 38.0. The molecule has 0 amide bonds. The maximum absolute atomic E-state index is 10.1. The quantitative estimate of drug-likeness (QED) is 0.161. The lowest BCUT2D eigenvalue weighted by Crippen LogP contribution is -2.42. The highest BCUT2D eigenvalue weighted by Crippen LogP contribution is 2.57. The smallest absolute Gasteiger partial charge is 0.164 e. The summed E-state index contributed by atoms with van der Waals surface area (Å²) in [5, 5.41) is 10.1. The molecule has 62 heavy (non-hydrogen) atoms. The highest BCUT2D eigenvalue weighted by molar-refractivity contribution is 5.88. The Balaban J connectivity index is 1.07. The zero-order chi connectivity index (χ0) is 41.8. The van der Waals surface area contributed by atoms with Crippen LogP contribution in [0.5, 0.6) is 0 Å². The molecule has 0 aliphatic heterocycles. The van der Waals surface area contributed by atoms with Gasteiger partial charge < -0.3 is 0 Å². The summed E-state index contributed by atoms with van der Waals surface area (Å²) in [4.78, 5) is 15.8. The summed E-state index contributed by atoms with van der Waals surface area (Å²) < 4.78 is 0. The number of hydrogen-bond donors (Lipinski definition) is 0. The molecule has 0 N–H and O–H groups in total. The van der Waals surface area contributed by atoms with Crippen LogP contribution >= 0.6 is 0 Å². The van der Waals surface area contributed by atoms with E-state index in [0.717, 1.165) is 67.8 Å². The topological polar surface area (TPSA) is 62.5 Å². The van der Waals surface area contributed by atoms with Crippen LogP contribution in [-0.4, -0.2) is 15.0 Å². The van der Waals surface area contributed by atoms with Gasteiger partial charge in [-0.15, -0.1) is 0 Å². The van der Waals surface area contributed by atoms with Crippen LogP contribution in [0.3, 0.4) is 0 Å². The van der Waals surface area contributed by atoms with Crippen molar-refractivity contribution in [1.82, 2.24) is 15.0 Å². The van der Waals surface area contributed by atoms with Gasteiger partial charge in [-0.05, 0) is 130 Å². The van der Waals surface area contributed by atoms with Crippen LogP contribution in [0.15, 0.2) is 176 Å². The first-order chi connectivity index (χ1) is 30.4. The highest BCUT2D eigenvalue weighted by atomic mass is 15.0. The van der Waals surface area contributed by atoms with Crippen molar-refractivity contribution >= 4 is 0 Å². The minimum Gasteiger partial charge on any atom is -0.208 e. The van der Waals surface area contributed by atoms with E-state index >= 15 is 0 Å². The predicted octanol–water partition coefficient (Wildman–Crippen LogP) is 13.9. The Morgan fingerprint density at radius 1 is 0.452 bits per heavy atom. The van der Waals surface area contributed by atoms with Gasteiger partial charge in [0.1, 0.15) is 0 Å². The van der Waals surface area contributed by atoms with Gasteiger partial charge in [-0.2, -0.15) is 5.26 Å². The van der Waals surface area contributed by atoms with Gasteiger partial charge in [0.15, 0.2) is 17.5 Å². The average molecular weight is 801 g/mol. The fourth-order valence-corrected chi connectivity index (χ4v) is 12.0. The van der Waals surface area contributed by atoms with E-state index in [1.54, 1.807) is 0 Å². The fourth-order valence-electron chi connectivity index (χ4n) is 12.0. The number of aromatic nitrogens is 3. The van der Waals surface area contributed by atoms with Crippen LogP contribution in [-0.2, 0) is 10.8 Å². The predicted molar refractivity (Wildman–Crippen MR) is 250 cm³/mol. The van der Waals surface area contributed by atoms with Crippen molar-refractivity contribution in [3.63, 3.8) is 0 Å². The zero-order valence-corrected chi connectivity index (χ0v) is 35.3. The zero-order valence-electron chi connectivity index (χ0n) is 35.3. The van der Waals surface area contributed by atoms with Crippen molar-refractivity contribution in [3.05, 3.63) is 209 Å². The highest BCUT2D eigenvalue weighted by Gasteiger charge is 2.47. The Bertz CT molecular complexity index is 2980. The maximum atomic E-state index is 10.1. The second-order valence-corrected chi connectivity index (χ2v) is 18.4. The molecule has 1 heterocycles. The molecule has 0 radical (unpaired) electrons. The lowest BCUT2D eigenvalue weighted by atomic mass is 9.54. The number of nitrogens with zero attached hydrogens (tertiary/aromatic N) is 4. The van der Waals surface area contributed by atoms with Crippen molar-refractivity contribution in [1.29, 1.82) is 5.26 Å². The largest absolute Gasteiger partial charge is 0.208 e. The maximum Gasteiger partial charge on any atom is 0.164 e. The van der Waals surface area contributed by atoms with Crippen molar-refractivity contribution in [2.45, 2.75) is 56.8 Å². The molecule has 1 aromatic heterocycles. The Morgan fingerprint density at radius 3 is 1.74 bits per heavy atom. The Hall–Kier alpha value is -6.96. The molecule has 7 aromatic carbocycles. The molecule has 3 aliphatic rings. The second-order valence-electron chi connectivity index (χ2n) is 18.4. The van der Waals surface area contributed by atoms with Gasteiger partial charge in [0.25, 0.3) is 0 Å². The Morgan fingerprint density at radius 2 is 1.02 bits per heavy atom. The van der Waals surface area contributed by atoms with Crippen molar-refractivity contribution in [3.8, 4) is 62.5 Å². The minimum absolute atomic E-state index is 0.247. The van der Waals surface area contributed by atoms with Crippen molar-refractivity contribution in [2.24, 2.45) is 17.8 Å². The lowest BCUT2D eigenvalue weighted by Gasteiger charge is -2.50. The summed E-state index contributed by atoms with van der Waals surface area (Å²) in [5.41, 5.74) is 13.7. The monoisotopic (exact) mass is 800 g/mol. The summed E-state index contributed by atoms with van der Waals surface area (Å²) in [6.07, 6.45) is 6.56. The van der Waals surface area contributed by atoms with E-state index in [4.69, 9.17) is 15.0 Å². The van der Waals surface area contributed by atoms with Crippen LogP contribution in [0, 0.1) is 29.1 Å². The van der Waals surface area contributed by atoms with E-state index in [-0.39, 0.29) is 5.41 Å². The van der Waals surface area contributed by atoms with Gasteiger partial charge in [0.05, 0.1) is 17.0 Å². The van der Waals surface area contributed by atoms with E-state index in [1.165, 1.54) is 48.8 Å². The van der Waals surface area contributed by atoms with Gasteiger partial charge >= 0.3 is 0 Å². The van der Waals surface area contributed by atoms with Crippen LogP contribution in [0.1, 0.15) is 79.3 Å². The SMILES string of the molecule is C[C@@H]1C[C@@H]2C[C@H](C)CC(c3ccc(-c4nc(-c5cccc(-c6ccccc6)c5)nc(-c5ccc6c(c5)-c5ccccc5C6(c5ccccc5)c5cccc(C#N)c5)n4)cc3)(C1)C2. The second kappa shape index (κ2) is 15.2. The minimum atomic E-state index is -0.626. The molecule has 2 bridgehead atoms. The molecular weight excluding hydrogens is 753 g/mol. The van der Waals surface area contributed by atoms with Crippen LogP contribution in [0.4, 0.5) is 0 Å². The molecule has 4 heteroatoms. The van der Waals surface area contributed by atoms with E-state index in [2.05, 4.69) is 172 Å². The summed E-state index contributed by atoms with van der Waals surface area (Å²) >= 11 is 0. The normalized spacial score (nSPS) is 22.3. The van der Waals surface area contributed by atoms with Crippen LogP contribution in [0.2, 0.25) is 0 Å². The van der Waals surface area contributed by atoms with Gasteiger partial charge in [-0.1, -0.05) is 166 Å². The number of fused-ring (bicyclic) bond motifs is 5. The van der Waals surface area contributed by atoms with Gasteiger partial charge in [-0.25, -0.2) is 15.0 Å². The fraction of sp³-hybridized carbons (Fsp3) is 0.207. The first-order valence-electron chi connectivity index (χ1n) is 22.2. The number of hydrogen-bond acceptors (Lipinski definition) is 4. The van der Waals surface area contributed by atoms with E-state index in [9.17, 15) is 5.26 Å². The van der Waals surface area contributed by atoms with Crippen LogP contribution in [0.25, 0.3) is 56.4 Å². The number of rotatable bonds is 7. The van der Waals surface area contributed by atoms with Crippen molar-refractivity contribution < 1.29 is 0 Å². The summed E-state index contributed by atoms with van der Waals surface area (Å²) in [5.74, 6) is 4.26. The molecule has 5 atom stereocenters. The molecule has 300 valence electrons. The van der Waals surface area contributed by atoms with Crippen molar-refractivity contribution in [2.75, 3.05) is 0 Å². The molecule has 0 spiro atoms. The number of benzene rings is 7. The molecule has 2 saturated carbocycles. The standard InChI is InChI=1S/C58H48N4/c1-38-29-41-30-39(2)35-57(34-38,36-41)47-26-23-43(24-27-47)54-60-55(45-17-12-16-44(32-45)42-14-5-3-6-15-42)62-56(61-54)46-25-28-53-51(33-46)50-21-9-10-22-52(50)58(53,48-18-7-4-8-19-48)49-20-11-13-40(31-49)37-59/h3-28,31-33,38-39,41H,29-30,34-36H2,1-2H3/t38-,39+,41-,57?,58?. The van der Waals surface area contributed by atoms with Gasteiger partial charge in [0.2, 0.25) is 0 Å². The summed E-state index contributed by atoms with van der Waals surface area (Å²) in [6.45, 7) is 4.91. The molecular formula is C58H48N4. The van der Waals surface area contributed by atoms with Crippen LogP contribution < -0.4 is 0 Å². The average Bonchev–Trinajstić information content (AvgIpc) is 3.62. The Kier molecular flexibility index (Phi) is 9.31. The Labute approximate surface area is 365 Å². The molecule has 2 fully saturated rings. The third kappa shape index (κ3) is 6.38. The molecule has 11 rings (SSSR count). The summed E-state index contributed by atoms with van der Waals surface area (Å²) in [7, 11) is 0. The molecule has 3 aliphatic carbocycles. The third-order valence-electron chi connectivity index (χ3n) is 14.2. The molecule has 4 nitrogen and oxygen atoms in total. The molecule has 8 aromatic rings. The van der Waals surface area contributed by atoms with Gasteiger partial charge in [0, 0.05) is 16.7 Å². The first-order valence-corrected chi connectivity index (χ1v) is 22.2. The van der Waals surface area contributed by atoms with Gasteiger partial charge in [-0.3, -0.25) is 0 Å². The van der Waals surface area contributed by atoms with E-state index in [0.29, 0.717) is 23.0 Å².